The Kier molecular flexibility index (Phi) is 4.87. The highest BCUT2D eigenvalue weighted by Gasteiger charge is 2.53. The van der Waals surface area contributed by atoms with E-state index in [9.17, 15) is 14.0 Å². The second kappa shape index (κ2) is 6.73. The molecule has 1 aromatic carbocycles. The Balaban J connectivity index is 1.80. The molecule has 0 spiro atoms. The molecule has 1 aliphatic heterocycles. The summed E-state index contributed by atoms with van der Waals surface area (Å²) >= 11 is 1.41. The average Bonchev–Trinajstić information content (AvgIpc) is 3.32. The summed E-state index contributed by atoms with van der Waals surface area (Å²) in [4.78, 5) is 25.2. The van der Waals surface area contributed by atoms with Gasteiger partial charge in [0.15, 0.2) is 5.12 Å². The molecule has 0 N–H and O–H groups in total. The Morgan fingerprint density at radius 1 is 1.35 bits per heavy atom. The molecule has 1 saturated carbocycles. The van der Waals surface area contributed by atoms with Crippen LogP contribution in [0.15, 0.2) is 24.3 Å². The number of carbonyl (C=O) groups excluding carboxylic acids is 2. The lowest BCUT2D eigenvalue weighted by Gasteiger charge is -2.40. The molecular weight excluding hydrogens is 313 g/mol. The fraction of sp³-hybridized carbons (Fsp3) is 0.556. The van der Waals surface area contributed by atoms with Crippen LogP contribution in [0.2, 0.25) is 0 Å². The van der Waals surface area contributed by atoms with Crippen LogP contribution in [0.5, 0.6) is 0 Å². The zero-order valence-electron chi connectivity index (χ0n) is 13.3. The Morgan fingerprint density at radius 3 is 2.52 bits per heavy atom. The van der Waals surface area contributed by atoms with Crippen LogP contribution >= 0.6 is 11.8 Å². The minimum absolute atomic E-state index is 0.153. The number of likely N-dealkylation sites (tertiary alicyclic amines) is 1. The summed E-state index contributed by atoms with van der Waals surface area (Å²) in [6.07, 6.45) is 4.50. The average molecular weight is 335 g/mol. The van der Waals surface area contributed by atoms with Crippen molar-refractivity contribution < 1.29 is 14.0 Å². The van der Waals surface area contributed by atoms with Gasteiger partial charge in [0.05, 0.1) is 0 Å². The largest absolute Gasteiger partial charge is 0.303 e. The van der Waals surface area contributed by atoms with Gasteiger partial charge in [-0.3, -0.25) is 9.69 Å². The molecule has 5 heteroatoms. The topological polar surface area (TPSA) is 37.4 Å². The lowest BCUT2D eigenvalue weighted by molar-refractivity contribution is -0.115. The van der Waals surface area contributed by atoms with Crippen molar-refractivity contribution in [2.75, 3.05) is 13.1 Å². The third kappa shape index (κ3) is 3.50. The lowest BCUT2D eigenvalue weighted by Crippen LogP contribution is -2.42. The molecule has 0 radical (unpaired) electrons. The normalized spacial score (nSPS) is 22.5. The third-order valence-corrected chi connectivity index (χ3v) is 6.12. The molecule has 3 rings (SSSR count). The third-order valence-electron chi connectivity index (χ3n) is 4.98. The summed E-state index contributed by atoms with van der Waals surface area (Å²) in [5.41, 5.74) is 0.206. The van der Waals surface area contributed by atoms with Crippen molar-refractivity contribution in [1.29, 1.82) is 0 Å². The van der Waals surface area contributed by atoms with Gasteiger partial charge in [-0.1, -0.05) is 30.0 Å². The SMILES string of the molecule is CC(=O)SC1CCN(C(c2ccccc2F)C2(C=O)CC2)CC1. The predicted octanol–water partition coefficient (Wildman–Crippen LogP) is 3.59. The van der Waals surface area contributed by atoms with Gasteiger partial charge in [-0.2, -0.15) is 0 Å². The van der Waals surface area contributed by atoms with Gasteiger partial charge in [-0.05, 0) is 44.8 Å². The summed E-state index contributed by atoms with van der Waals surface area (Å²) in [5, 5.41) is 0.497. The fourth-order valence-electron chi connectivity index (χ4n) is 3.65. The van der Waals surface area contributed by atoms with E-state index >= 15 is 0 Å². The molecule has 1 aromatic rings. The Bertz CT molecular complexity index is 594. The Hall–Kier alpha value is -1.20. The quantitative estimate of drug-likeness (QED) is 0.771. The van der Waals surface area contributed by atoms with Crippen molar-refractivity contribution in [2.45, 2.75) is 43.9 Å². The van der Waals surface area contributed by atoms with Gasteiger partial charge in [0.2, 0.25) is 0 Å². The van der Waals surface area contributed by atoms with Crippen LogP contribution in [-0.2, 0) is 9.59 Å². The van der Waals surface area contributed by atoms with Crippen molar-refractivity contribution in [1.82, 2.24) is 4.90 Å². The molecule has 1 saturated heterocycles. The number of hydrogen-bond donors (Lipinski definition) is 0. The summed E-state index contributed by atoms with van der Waals surface area (Å²) in [5.74, 6) is -0.231. The van der Waals surface area contributed by atoms with Crippen molar-refractivity contribution in [3.8, 4) is 0 Å². The minimum Gasteiger partial charge on any atom is -0.303 e. The summed E-state index contributed by atoms with van der Waals surface area (Å²) in [6.45, 7) is 3.21. The van der Waals surface area contributed by atoms with Crippen molar-refractivity contribution in [2.24, 2.45) is 5.41 Å². The standard InChI is InChI=1S/C18H22FNO2S/c1-13(22)23-14-6-10-20(11-7-14)17(18(12-21)8-9-18)15-4-2-3-5-16(15)19/h2-5,12,14,17H,6-11H2,1H3. The van der Waals surface area contributed by atoms with Crippen LogP contribution < -0.4 is 0 Å². The van der Waals surface area contributed by atoms with Gasteiger partial charge >= 0.3 is 0 Å². The van der Waals surface area contributed by atoms with Gasteiger partial charge in [0.1, 0.15) is 12.1 Å². The van der Waals surface area contributed by atoms with E-state index in [2.05, 4.69) is 4.90 Å². The van der Waals surface area contributed by atoms with Crippen LogP contribution in [-0.4, -0.2) is 34.6 Å². The molecule has 1 atom stereocenters. The smallest absolute Gasteiger partial charge is 0.186 e. The maximum atomic E-state index is 14.3. The highest BCUT2D eigenvalue weighted by atomic mass is 32.2. The van der Waals surface area contributed by atoms with E-state index in [0.717, 1.165) is 45.1 Å². The van der Waals surface area contributed by atoms with E-state index in [1.807, 2.05) is 6.07 Å². The lowest BCUT2D eigenvalue weighted by atomic mass is 9.88. The molecule has 0 aromatic heterocycles. The summed E-state index contributed by atoms with van der Waals surface area (Å²) in [6, 6.07) is 6.63. The first-order chi connectivity index (χ1) is 11.1. The number of nitrogens with zero attached hydrogens (tertiary/aromatic N) is 1. The van der Waals surface area contributed by atoms with Gasteiger partial charge in [-0.25, -0.2) is 4.39 Å². The highest BCUT2D eigenvalue weighted by molar-refractivity contribution is 8.14. The zero-order chi connectivity index (χ0) is 16.4. The number of halogens is 1. The van der Waals surface area contributed by atoms with Crippen LogP contribution in [0.1, 0.15) is 44.2 Å². The molecule has 2 fully saturated rings. The van der Waals surface area contributed by atoms with E-state index in [4.69, 9.17) is 0 Å². The van der Waals surface area contributed by atoms with Crippen molar-refractivity contribution in [3.05, 3.63) is 35.6 Å². The highest BCUT2D eigenvalue weighted by Crippen LogP contribution is 2.56. The molecular formula is C18H22FNO2S. The predicted molar refractivity (Wildman–Crippen MR) is 89.7 cm³/mol. The molecule has 1 unspecified atom stereocenters. The number of carbonyl (C=O) groups is 2. The van der Waals surface area contributed by atoms with E-state index in [0.29, 0.717) is 10.8 Å². The molecule has 2 aliphatic rings. The zero-order valence-corrected chi connectivity index (χ0v) is 14.2. The number of rotatable bonds is 5. The Morgan fingerprint density at radius 2 is 2.00 bits per heavy atom. The maximum absolute atomic E-state index is 14.3. The molecule has 0 bridgehead atoms. The van der Waals surface area contributed by atoms with E-state index in [1.54, 1.807) is 19.1 Å². The van der Waals surface area contributed by atoms with Crippen molar-refractivity contribution in [3.63, 3.8) is 0 Å². The molecule has 3 nitrogen and oxygen atoms in total. The number of piperidine rings is 1. The van der Waals surface area contributed by atoms with Crippen LogP contribution in [0, 0.1) is 11.2 Å². The molecule has 1 aliphatic carbocycles. The summed E-state index contributed by atoms with van der Waals surface area (Å²) in [7, 11) is 0. The second-order valence-corrected chi connectivity index (χ2v) is 8.10. The van der Waals surface area contributed by atoms with Gasteiger partial charge < -0.3 is 4.79 Å². The number of thioether (sulfide) groups is 1. The van der Waals surface area contributed by atoms with Crippen LogP contribution in [0.3, 0.4) is 0 Å². The number of benzene rings is 1. The fourth-order valence-corrected chi connectivity index (χ4v) is 4.57. The number of hydrogen-bond acceptors (Lipinski definition) is 4. The van der Waals surface area contributed by atoms with Crippen LogP contribution in [0.25, 0.3) is 0 Å². The molecule has 1 heterocycles. The van der Waals surface area contributed by atoms with Crippen molar-refractivity contribution >= 4 is 23.2 Å². The summed E-state index contributed by atoms with van der Waals surface area (Å²) < 4.78 is 14.3. The number of aldehydes is 1. The van der Waals surface area contributed by atoms with E-state index in [-0.39, 0.29) is 17.0 Å². The Labute approximate surface area is 140 Å². The second-order valence-electron chi connectivity index (χ2n) is 6.62. The maximum Gasteiger partial charge on any atom is 0.186 e. The first kappa shape index (κ1) is 16.7. The molecule has 0 amide bonds. The van der Waals surface area contributed by atoms with E-state index < -0.39 is 5.41 Å². The first-order valence-electron chi connectivity index (χ1n) is 8.18. The first-order valence-corrected chi connectivity index (χ1v) is 9.06. The molecule has 124 valence electrons. The molecule has 23 heavy (non-hydrogen) atoms. The van der Waals surface area contributed by atoms with Gasteiger partial charge in [-0.15, -0.1) is 0 Å². The van der Waals surface area contributed by atoms with Gasteiger partial charge in [0, 0.05) is 29.2 Å². The van der Waals surface area contributed by atoms with Gasteiger partial charge in [0.25, 0.3) is 0 Å². The minimum atomic E-state index is -0.428. The van der Waals surface area contributed by atoms with Crippen LogP contribution in [0.4, 0.5) is 4.39 Å². The van der Waals surface area contributed by atoms with E-state index in [1.165, 1.54) is 17.8 Å². The monoisotopic (exact) mass is 335 g/mol.